The fourth-order valence-electron chi connectivity index (χ4n) is 6.53. The molecule has 0 spiro atoms. The van der Waals surface area contributed by atoms with Gasteiger partial charge in [0.05, 0.1) is 18.2 Å². The van der Waals surface area contributed by atoms with Crippen molar-refractivity contribution in [2.45, 2.75) is 64.1 Å². The topological polar surface area (TPSA) is 180 Å². The summed E-state index contributed by atoms with van der Waals surface area (Å²) in [6.07, 6.45) is 2.57. The van der Waals surface area contributed by atoms with Gasteiger partial charge in [-0.2, -0.15) is 0 Å². The monoisotopic (exact) mass is 694 g/mol. The van der Waals surface area contributed by atoms with Crippen LogP contribution >= 0.6 is 0 Å². The van der Waals surface area contributed by atoms with E-state index in [0.29, 0.717) is 73.3 Å². The average molecular weight is 695 g/mol. The number of nitrogens with one attached hydrogen (secondary N) is 4. The zero-order chi connectivity index (χ0) is 36.5. The number of hydrogen-bond donors (Lipinski definition) is 5. The largest absolute Gasteiger partial charge is 0.384 e. The van der Waals surface area contributed by atoms with E-state index in [1.165, 1.54) is 4.90 Å². The van der Waals surface area contributed by atoms with Gasteiger partial charge >= 0.3 is 0 Å². The minimum atomic E-state index is -0.948. The highest BCUT2D eigenvalue weighted by Crippen LogP contribution is 2.32. The highest BCUT2D eigenvalue weighted by atomic mass is 16.2. The molecule has 2 aliphatic rings. The van der Waals surface area contributed by atoms with Crippen molar-refractivity contribution >= 4 is 40.9 Å². The first-order valence-electron chi connectivity index (χ1n) is 17.6. The lowest BCUT2D eigenvalue weighted by Crippen LogP contribution is -2.56. The van der Waals surface area contributed by atoms with Crippen molar-refractivity contribution in [2.24, 2.45) is 11.7 Å². The number of fused-ring (bicyclic) bond motifs is 2. The van der Waals surface area contributed by atoms with Gasteiger partial charge in [0, 0.05) is 48.4 Å². The molecule has 3 aromatic carbocycles. The van der Waals surface area contributed by atoms with E-state index in [0.717, 1.165) is 5.56 Å². The molecule has 51 heavy (non-hydrogen) atoms. The standard InChI is InChI=1S/C39H46N6O6/c1-3-24(2)34(40)38(50)43-23-32(46)44-30(22-25-12-5-4-6-13-25)39(51)45-21-10-18-31(45)37(49)42-20-11-19-41-29-17-9-16-28-33(29)36(48)27-15-8-7-14-26(27)35(28)47/h4-9,12-17,24,30-31,34,41H,3,10-11,18-23,40H2,1-2H3,(H,42,49)(H,43,50)(H,44,46)/t24?,30-,31+,34-/m0/s1. The van der Waals surface area contributed by atoms with Gasteiger partial charge < -0.3 is 31.9 Å². The minimum Gasteiger partial charge on any atom is -0.384 e. The molecule has 268 valence electrons. The SMILES string of the molecule is CCC(C)[C@H](N)C(=O)NCC(=O)N[C@@H](Cc1ccccc1)C(=O)N1CCC[C@@H]1C(=O)NCCCNc1cccc2c1C(=O)c1ccccc1C2=O. The Bertz CT molecular complexity index is 1780. The maximum Gasteiger partial charge on any atom is 0.246 e. The van der Waals surface area contributed by atoms with Crippen molar-refractivity contribution < 1.29 is 28.8 Å². The molecule has 0 radical (unpaired) electrons. The Morgan fingerprint density at radius 1 is 0.863 bits per heavy atom. The Labute approximate surface area is 297 Å². The van der Waals surface area contributed by atoms with E-state index < -0.39 is 29.9 Å². The van der Waals surface area contributed by atoms with Crippen molar-refractivity contribution in [1.29, 1.82) is 0 Å². The molecule has 1 fully saturated rings. The molecule has 0 aromatic heterocycles. The van der Waals surface area contributed by atoms with Crippen LogP contribution in [0.15, 0.2) is 72.8 Å². The number of benzene rings is 3. The molecular formula is C39H46N6O6. The van der Waals surface area contributed by atoms with E-state index in [2.05, 4.69) is 21.3 Å². The molecule has 1 aliphatic heterocycles. The summed E-state index contributed by atoms with van der Waals surface area (Å²) in [5, 5.41) is 11.5. The fraction of sp³-hybridized carbons (Fsp3) is 0.385. The van der Waals surface area contributed by atoms with Crippen LogP contribution in [0.3, 0.4) is 0 Å². The molecule has 4 amide bonds. The number of nitrogens with zero attached hydrogens (tertiary/aromatic N) is 1. The summed E-state index contributed by atoms with van der Waals surface area (Å²) < 4.78 is 0. The molecule has 12 heteroatoms. The number of likely N-dealkylation sites (tertiary alicyclic amines) is 1. The van der Waals surface area contributed by atoms with Crippen molar-refractivity contribution in [3.8, 4) is 0 Å². The molecule has 5 rings (SSSR count). The normalized spacial score (nSPS) is 16.7. The van der Waals surface area contributed by atoms with Crippen molar-refractivity contribution in [1.82, 2.24) is 20.9 Å². The summed E-state index contributed by atoms with van der Waals surface area (Å²) >= 11 is 0. The number of nitrogens with two attached hydrogens (primary N) is 1. The van der Waals surface area contributed by atoms with Crippen molar-refractivity contribution in [3.63, 3.8) is 0 Å². The smallest absolute Gasteiger partial charge is 0.246 e. The Kier molecular flexibility index (Phi) is 12.3. The molecular weight excluding hydrogens is 648 g/mol. The second-order valence-electron chi connectivity index (χ2n) is 13.1. The maximum absolute atomic E-state index is 13.9. The molecule has 4 atom stereocenters. The van der Waals surface area contributed by atoms with E-state index in [1.54, 1.807) is 42.5 Å². The summed E-state index contributed by atoms with van der Waals surface area (Å²) in [4.78, 5) is 80.5. The van der Waals surface area contributed by atoms with Gasteiger partial charge in [0.25, 0.3) is 0 Å². The molecule has 1 heterocycles. The van der Waals surface area contributed by atoms with Gasteiger partial charge in [-0.1, -0.05) is 87.0 Å². The van der Waals surface area contributed by atoms with Gasteiger partial charge in [-0.3, -0.25) is 28.8 Å². The zero-order valence-corrected chi connectivity index (χ0v) is 29.1. The number of rotatable bonds is 15. The molecule has 1 saturated heterocycles. The van der Waals surface area contributed by atoms with E-state index in [1.807, 2.05) is 44.2 Å². The van der Waals surface area contributed by atoms with Crippen LogP contribution in [-0.4, -0.2) is 84.4 Å². The van der Waals surface area contributed by atoms with Crippen LogP contribution in [-0.2, 0) is 25.6 Å². The third-order valence-electron chi connectivity index (χ3n) is 9.66. The summed E-state index contributed by atoms with van der Waals surface area (Å²) in [6.45, 7) is 4.58. The van der Waals surface area contributed by atoms with Gasteiger partial charge in [-0.25, -0.2) is 0 Å². The highest BCUT2D eigenvalue weighted by molar-refractivity contribution is 6.30. The average Bonchev–Trinajstić information content (AvgIpc) is 3.65. The summed E-state index contributed by atoms with van der Waals surface area (Å²) in [6, 6.07) is 18.8. The first-order chi connectivity index (χ1) is 24.6. The molecule has 3 aromatic rings. The van der Waals surface area contributed by atoms with Crippen LogP contribution < -0.4 is 27.0 Å². The lowest BCUT2D eigenvalue weighted by Gasteiger charge is -2.29. The fourth-order valence-corrected chi connectivity index (χ4v) is 6.53. The summed E-state index contributed by atoms with van der Waals surface area (Å²) in [7, 11) is 0. The van der Waals surface area contributed by atoms with Gasteiger partial charge in [0.1, 0.15) is 12.1 Å². The summed E-state index contributed by atoms with van der Waals surface area (Å²) in [5.41, 5.74) is 8.87. The quantitative estimate of drug-likeness (QED) is 0.118. The van der Waals surface area contributed by atoms with Crippen LogP contribution in [0.1, 0.15) is 76.9 Å². The number of amides is 4. The molecule has 1 unspecified atom stereocenters. The zero-order valence-electron chi connectivity index (χ0n) is 29.1. The number of ketones is 2. The lowest BCUT2D eigenvalue weighted by atomic mass is 9.83. The van der Waals surface area contributed by atoms with Crippen LogP contribution in [0, 0.1) is 5.92 Å². The Hall–Kier alpha value is -5.36. The molecule has 6 N–H and O–H groups in total. The Balaban J connectivity index is 1.16. The lowest BCUT2D eigenvalue weighted by molar-refractivity contribution is -0.141. The van der Waals surface area contributed by atoms with Crippen LogP contribution in [0.2, 0.25) is 0 Å². The molecule has 12 nitrogen and oxygen atoms in total. The van der Waals surface area contributed by atoms with E-state index >= 15 is 0 Å². The third kappa shape index (κ3) is 8.69. The number of carbonyl (C=O) groups excluding carboxylic acids is 6. The minimum absolute atomic E-state index is 0.0551. The van der Waals surface area contributed by atoms with Gasteiger partial charge in [0.2, 0.25) is 23.6 Å². The summed E-state index contributed by atoms with van der Waals surface area (Å²) in [5.74, 6) is -2.08. The third-order valence-corrected chi connectivity index (χ3v) is 9.66. The highest BCUT2D eigenvalue weighted by Gasteiger charge is 2.38. The predicted molar refractivity (Wildman–Crippen MR) is 193 cm³/mol. The Morgan fingerprint density at radius 2 is 1.55 bits per heavy atom. The number of hydrogen-bond acceptors (Lipinski definition) is 8. The van der Waals surface area contributed by atoms with Crippen molar-refractivity contribution in [2.75, 3.05) is 31.5 Å². The van der Waals surface area contributed by atoms with Gasteiger partial charge in [-0.05, 0) is 36.8 Å². The van der Waals surface area contributed by atoms with Crippen LogP contribution in [0.25, 0.3) is 0 Å². The van der Waals surface area contributed by atoms with E-state index in [4.69, 9.17) is 5.73 Å². The molecule has 0 saturated carbocycles. The maximum atomic E-state index is 13.9. The first-order valence-corrected chi connectivity index (χ1v) is 17.6. The second-order valence-corrected chi connectivity index (χ2v) is 13.1. The predicted octanol–water partition coefficient (Wildman–Crippen LogP) is 2.59. The van der Waals surface area contributed by atoms with Crippen LogP contribution in [0.5, 0.6) is 0 Å². The number of anilines is 1. The molecule has 0 bridgehead atoms. The number of carbonyl (C=O) groups is 6. The molecule has 1 aliphatic carbocycles. The van der Waals surface area contributed by atoms with Gasteiger partial charge in [-0.15, -0.1) is 0 Å². The van der Waals surface area contributed by atoms with E-state index in [9.17, 15) is 28.8 Å². The second kappa shape index (κ2) is 17.0. The van der Waals surface area contributed by atoms with E-state index in [-0.39, 0.29) is 42.3 Å². The van der Waals surface area contributed by atoms with Crippen molar-refractivity contribution in [3.05, 3.63) is 101 Å². The van der Waals surface area contributed by atoms with Crippen LogP contribution in [0.4, 0.5) is 5.69 Å². The first kappa shape index (κ1) is 36.9. The van der Waals surface area contributed by atoms with Gasteiger partial charge in [0.15, 0.2) is 11.6 Å². The Morgan fingerprint density at radius 3 is 2.27 bits per heavy atom.